The normalized spacial score (nSPS) is 23.3. The Bertz CT molecular complexity index is 313. The van der Waals surface area contributed by atoms with Gasteiger partial charge in [-0.1, -0.05) is 12.8 Å². The van der Waals surface area contributed by atoms with Crippen LogP contribution in [0.4, 0.5) is 0 Å². The van der Waals surface area contributed by atoms with Crippen molar-refractivity contribution >= 4 is 5.91 Å². The lowest BCUT2D eigenvalue weighted by molar-refractivity contribution is -0.126. The minimum absolute atomic E-state index is 0.0122. The van der Waals surface area contributed by atoms with Crippen LogP contribution in [0.15, 0.2) is 0 Å². The van der Waals surface area contributed by atoms with E-state index in [-0.39, 0.29) is 18.5 Å². The Labute approximate surface area is 128 Å². The van der Waals surface area contributed by atoms with Crippen molar-refractivity contribution in [3.63, 3.8) is 0 Å². The van der Waals surface area contributed by atoms with Crippen LogP contribution in [0.2, 0.25) is 0 Å². The van der Waals surface area contributed by atoms with Gasteiger partial charge in [0, 0.05) is 13.2 Å². The third kappa shape index (κ3) is 6.32. The van der Waals surface area contributed by atoms with Gasteiger partial charge in [0.1, 0.15) is 0 Å². The lowest BCUT2D eigenvalue weighted by Gasteiger charge is -2.27. The molecule has 2 N–H and O–H groups in total. The fourth-order valence-electron chi connectivity index (χ4n) is 2.73. The summed E-state index contributed by atoms with van der Waals surface area (Å²) in [7, 11) is 0. The first-order valence-electron chi connectivity index (χ1n) is 8.44. The fraction of sp³-hybridized carbons (Fsp3) is 0.938. The summed E-state index contributed by atoms with van der Waals surface area (Å²) >= 11 is 0. The Hall–Kier alpha value is -0.650. The van der Waals surface area contributed by atoms with Gasteiger partial charge in [-0.15, -0.1) is 0 Å². The number of hydrogen-bond acceptors (Lipinski definition) is 4. The van der Waals surface area contributed by atoms with Gasteiger partial charge in [-0.05, 0) is 51.6 Å². The molecular formula is C16H30N2O3. The van der Waals surface area contributed by atoms with Gasteiger partial charge in [-0.2, -0.15) is 0 Å². The van der Waals surface area contributed by atoms with Crippen LogP contribution in [0.25, 0.3) is 0 Å². The number of carbonyl (C=O) groups is 1. The van der Waals surface area contributed by atoms with Gasteiger partial charge >= 0.3 is 0 Å². The molecule has 1 saturated heterocycles. The molecule has 5 heteroatoms. The quantitative estimate of drug-likeness (QED) is 0.706. The van der Waals surface area contributed by atoms with Crippen LogP contribution in [0.5, 0.6) is 0 Å². The second kappa shape index (κ2) is 8.71. The monoisotopic (exact) mass is 298 g/mol. The molecule has 2 aliphatic rings. The molecule has 0 unspecified atom stereocenters. The predicted octanol–water partition coefficient (Wildman–Crippen LogP) is 1.15. The van der Waals surface area contributed by atoms with E-state index in [9.17, 15) is 9.90 Å². The number of rotatable bonds is 8. The molecule has 0 radical (unpaired) electrons. The number of carbonyl (C=O) groups excluding carboxylic acids is 1. The van der Waals surface area contributed by atoms with Crippen molar-refractivity contribution in [2.45, 2.75) is 57.6 Å². The van der Waals surface area contributed by atoms with E-state index in [1.807, 2.05) is 6.92 Å². The van der Waals surface area contributed by atoms with Crippen LogP contribution >= 0.6 is 0 Å². The largest absolute Gasteiger partial charge is 0.389 e. The molecule has 1 amide bonds. The van der Waals surface area contributed by atoms with E-state index >= 15 is 0 Å². The van der Waals surface area contributed by atoms with E-state index < -0.39 is 6.10 Å². The SMILES string of the molecule is C[C@@H](C(=O)NC[C@H](O)COCC1CC1)N1CCCCCC1. The van der Waals surface area contributed by atoms with E-state index in [2.05, 4.69) is 10.2 Å². The van der Waals surface area contributed by atoms with E-state index in [0.29, 0.717) is 12.5 Å². The zero-order chi connectivity index (χ0) is 15.1. The number of likely N-dealkylation sites (tertiary alicyclic amines) is 1. The van der Waals surface area contributed by atoms with Crippen LogP contribution in [0.3, 0.4) is 0 Å². The topological polar surface area (TPSA) is 61.8 Å². The number of nitrogens with zero attached hydrogens (tertiary/aromatic N) is 1. The summed E-state index contributed by atoms with van der Waals surface area (Å²) in [6.45, 7) is 5.30. The molecule has 2 rings (SSSR count). The summed E-state index contributed by atoms with van der Waals surface area (Å²) in [5.74, 6) is 0.716. The minimum Gasteiger partial charge on any atom is -0.389 e. The van der Waals surface area contributed by atoms with Crippen LogP contribution in [0, 0.1) is 5.92 Å². The van der Waals surface area contributed by atoms with Gasteiger partial charge in [0.05, 0.1) is 18.8 Å². The fourth-order valence-corrected chi connectivity index (χ4v) is 2.73. The van der Waals surface area contributed by atoms with Gasteiger partial charge in [0.2, 0.25) is 5.91 Å². The van der Waals surface area contributed by atoms with E-state index in [4.69, 9.17) is 4.74 Å². The molecule has 1 aliphatic carbocycles. The second-order valence-corrected chi connectivity index (χ2v) is 6.51. The van der Waals surface area contributed by atoms with Gasteiger partial charge in [0.25, 0.3) is 0 Å². The highest BCUT2D eigenvalue weighted by Gasteiger charge is 2.23. The summed E-state index contributed by atoms with van der Waals surface area (Å²) in [6.07, 6.45) is 6.78. The lowest BCUT2D eigenvalue weighted by Crippen LogP contribution is -2.47. The van der Waals surface area contributed by atoms with Gasteiger partial charge < -0.3 is 15.2 Å². The van der Waals surface area contributed by atoms with E-state index in [0.717, 1.165) is 19.7 Å². The van der Waals surface area contributed by atoms with Crippen molar-refractivity contribution in [2.75, 3.05) is 32.8 Å². The molecule has 2 atom stereocenters. The Morgan fingerprint density at radius 1 is 1.29 bits per heavy atom. The van der Waals surface area contributed by atoms with Gasteiger partial charge in [-0.3, -0.25) is 9.69 Å². The molecule has 0 aromatic carbocycles. The molecular weight excluding hydrogens is 268 g/mol. The number of amides is 1. The van der Waals surface area contributed by atoms with Crippen molar-refractivity contribution in [3.05, 3.63) is 0 Å². The maximum absolute atomic E-state index is 12.1. The third-order valence-electron chi connectivity index (χ3n) is 4.44. The highest BCUT2D eigenvalue weighted by molar-refractivity contribution is 5.81. The maximum Gasteiger partial charge on any atom is 0.237 e. The number of hydrogen-bond donors (Lipinski definition) is 2. The first-order chi connectivity index (χ1) is 10.2. The number of aliphatic hydroxyl groups excluding tert-OH is 1. The maximum atomic E-state index is 12.1. The Morgan fingerprint density at radius 3 is 2.57 bits per heavy atom. The van der Waals surface area contributed by atoms with Crippen LogP contribution in [-0.2, 0) is 9.53 Å². The first-order valence-corrected chi connectivity index (χ1v) is 8.44. The Balaban J connectivity index is 1.60. The van der Waals surface area contributed by atoms with Crippen molar-refractivity contribution < 1.29 is 14.6 Å². The predicted molar refractivity (Wildman–Crippen MR) is 82.1 cm³/mol. The molecule has 2 fully saturated rings. The molecule has 0 bridgehead atoms. The first kappa shape index (κ1) is 16.7. The second-order valence-electron chi connectivity index (χ2n) is 6.51. The number of ether oxygens (including phenoxy) is 1. The summed E-state index contributed by atoms with van der Waals surface area (Å²) in [5, 5.41) is 12.7. The van der Waals surface area contributed by atoms with Crippen molar-refractivity contribution in [1.29, 1.82) is 0 Å². The zero-order valence-electron chi connectivity index (χ0n) is 13.2. The zero-order valence-corrected chi connectivity index (χ0v) is 13.2. The number of nitrogens with one attached hydrogen (secondary N) is 1. The highest BCUT2D eigenvalue weighted by Crippen LogP contribution is 2.28. The molecule has 1 saturated carbocycles. The highest BCUT2D eigenvalue weighted by atomic mass is 16.5. The molecule has 5 nitrogen and oxygen atoms in total. The van der Waals surface area contributed by atoms with Crippen LogP contribution < -0.4 is 5.32 Å². The number of aliphatic hydroxyl groups is 1. The van der Waals surface area contributed by atoms with Gasteiger partial charge in [-0.25, -0.2) is 0 Å². The standard InChI is InChI=1S/C16H30N2O3/c1-13(18-8-4-2-3-5-9-18)16(20)17-10-15(19)12-21-11-14-6-7-14/h13-15,19H,2-12H2,1H3,(H,17,20)/t13-,15-/m0/s1. The van der Waals surface area contributed by atoms with Crippen LogP contribution in [-0.4, -0.2) is 60.9 Å². The van der Waals surface area contributed by atoms with Crippen LogP contribution in [0.1, 0.15) is 45.4 Å². The van der Waals surface area contributed by atoms with Gasteiger partial charge in [0.15, 0.2) is 0 Å². The average Bonchev–Trinajstić information content (AvgIpc) is 3.30. The lowest BCUT2D eigenvalue weighted by atomic mass is 10.2. The van der Waals surface area contributed by atoms with E-state index in [1.165, 1.54) is 38.5 Å². The summed E-state index contributed by atoms with van der Waals surface area (Å²) in [6, 6.07) is -0.109. The molecule has 122 valence electrons. The van der Waals surface area contributed by atoms with Crippen molar-refractivity contribution in [1.82, 2.24) is 10.2 Å². The third-order valence-corrected chi connectivity index (χ3v) is 4.44. The molecule has 21 heavy (non-hydrogen) atoms. The molecule has 1 aliphatic heterocycles. The van der Waals surface area contributed by atoms with Crippen molar-refractivity contribution in [2.24, 2.45) is 5.92 Å². The molecule has 0 spiro atoms. The minimum atomic E-state index is -0.607. The molecule has 0 aromatic heterocycles. The molecule has 0 aromatic rings. The summed E-state index contributed by atoms with van der Waals surface area (Å²) in [5.41, 5.74) is 0. The summed E-state index contributed by atoms with van der Waals surface area (Å²) < 4.78 is 5.43. The Morgan fingerprint density at radius 2 is 1.95 bits per heavy atom. The smallest absolute Gasteiger partial charge is 0.237 e. The summed E-state index contributed by atoms with van der Waals surface area (Å²) in [4.78, 5) is 14.4. The average molecular weight is 298 g/mol. The van der Waals surface area contributed by atoms with Crippen molar-refractivity contribution in [3.8, 4) is 0 Å². The molecule has 1 heterocycles. The van der Waals surface area contributed by atoms with E-state index in [1.54, 1.807) is 0 Å². The Kier molecular flexibility index (Phi) is 6.93.